The molecule has 6 atom stereocenters. The molecular weight excluding hydrogens is 502 g/mol. The molecule has 2 saturated heterocycles. The summed E-state index contributed by atoms with van der Waals surface area (Å²) in [6, 6.07) is 24.6. The van der Waals surface area contributed by atoms with Crippen LogP contribution in [-0.2, 0) is 25.6 Å². The maximum Gasteiger partial charge on any atom is 0.276 e. The standard InChI is InChI=1S/C28H25N5O6/c29-32-30-25-22(31-33-26(34)19-13-7-8-14-20(19)27(33)35)24(36-15-17-9-3-1-4-10-17)23-21(38-25)16-37-28(39-23)18-11-5-2-6-12-18/h1-14,21-25,28,31H,15-16H2/t21-,22-,23-,24-,25-,28?/m1/s1. The lowest BCUT2D eigenvalue weighted by atomic mass is 9.95. The molecule has 0 aromatic heterocycles. The van der Waals surface area contributed by atoms with E-state index in [1.165, 1.54) is 0 Å². The Hall–Kier alpha value is -4.09. The molecule has 3 aliphatic heterocycles. The van der Waals surface area contributed by atoms with Crippen LogP contribution in [0.3, 0.4) is 0 Å². The number of rotatable bonds is 7. The minimum Gasteiger partial charge on any atom is -0.369 e. The highest BCUT2D eigenvalue weighted by Gasteiger charge is 2.52. The van der Waals surface area contributed by atoms with Crippen LogP contribution >= 0.6 is 0 Å². The first-order valence-electron chi connectivity index (χ1n) is 12.6. The molecule has 0 bridgehead atoms. The van der Waals surface area contributed by atoms with Crippen molar-refractivity contribution >= 4 is 11.8 Å². The van der Waals surface area contributed by atoms with Crippen LogP contribution in [0.25, 0.3) is 10.4 Å². The molecule has 3 aromatic rings. The summed E-state index contributed by atoms with van der Waals surface area (Å²) in [6.07, 6.45) is -3.90. The molecule has 0 aliphatic carbocycles. The van der Waals surface area contributed by atoms with Crippen LogP contribution in [0.2, 0.25) is 0 Å². The molecule has 2 amide bonds. The summed E-state index contributed by atoms with van der Waals surface area (Å²) in [6.45, 7) is 0.366. The van der Waals surface area contributed by atoms with Crippen LogP contribution in [0.15, 0.2) is 90.0 Å². The van der Waals surface area contributed by atoms with Crippen molar-refractivity contribution in [2.45, 2.75) is 43.5 Å². The first-order valence-corrected chi connectivity index (χ1v) is 12.6. The van der Waals surface area contributed by atoms with Crippen LogP contribution in [-0.4, -0.2) is 54.0 Å². The number of hydrogen-bond donors (Lipinski definition) is 1. The van der Waals surface area contributed by atoms with Gasteiger partial charge in [0.2, 0.25) is 0 Å². The SMILES string of the molecule is [N-]=[N+]=N[C@@H]1O[C@@H]2COC(c3ccccc3)O[C@H]2[C@H](OCc2ccccc2)[C@H]1NN1C(=O)c2ccccc2C1=O. The van der Waals surface area contributed by atoms with Crippen LogP contribution in [0.4, 0.5) is 0 Å². The lowest BCUT2D eigenvalue weighted by Crippen LogP contribution is -2.68. The third-order valence-corrected chi connectivity index (χ3v) is 6.95. The van der Waals surface area contributed by atoms with Crippen molar-refractivity contribution in [1.82, 2.24) is 10.4 Å². The van der Waals surface area contributed by atoms with Crippen LogP contribution in [0.5, 0.6) is 0 Å². The fourth-order valence-corrected chi connectivity index (χ4v) is 5.08. The molecule has 3 aliphatic rings. The van der Waals surface area contributed by atoms with Crippen molar-refractivity contribution in [3.63, 3.8) is 0 Å². The van der Waals surface area contributed by atoms with Crippen molar-refractivity contribution in [1.29, 1.82) is 0 Å². The molecule has 198 valence electrons. The number of carbonyl (C=O) groups is 2. The average Bonchev–Trinajstić information content (AvgIpc) is 3.22. The number of hydrogen-bond acceptors (Lipinski definition) is 8. The molecule has 11 nitrogen and oxygen atoms in total. The highest BCUT2D eigenvalue weighted by atomic mass is 16.7. The second kappa shape index (κ2) is 11.0. The fraction of sp³-hybridized carbons (Fsp3) is 0.286. The van der Waals surface area contributed by atoms with Crippen LogP contribution in [0, 0.1) is 0 Å². The lowest BCUT2D eigenvalue weighted by Gasteiger charge is -2.49. The Kier molecular flexibility index (Phi) is 7.08. The van der Waals surface area contributed by atoms with E-state index in [0.29, 0.717) is 0 Å². The van der Waals surface area contributed by atoms with Gasteiger partial charge in [-0.1, -0.05) is 77.9 Å². The van der Waals surface area contributed by atoms with Gasteiger partial charge in [-0.15, -0.1) is 0 Å². The van der Waals surface area contributed by atoms with Gasteiger partial charge in [0, 0.05) is 10.5 Å². The van der Waals surface area contributed by atoms with Crippen LogP contribution in [0.1, 0.15) is 38.1 Å². The Morgan fingerprint density at radius 2 is 1.56 bits per heavy atom. The van der Waals surface area contributed by atoms with E-state index in [1.807, 2.05) is 60.7 Å². The Morgan fingerprint density at radius 3 is 2.23 bits per heavy atom. The summed E-state index contributed by atoms with van der Waals surface area (Å²) in [4.78, 5) is 29.3. The topological polar surface area (TPSA) is 135 Å². The van der Waals surface area contributed by atoms with E-state index in [4.69, 9.17) is 18.9 Å². The van der Waals surface area contributed by atoms with E-state index in [1.54, 1.807) is 24.3 Å². The first kappa shape index (κ1) is 25.2. The number of fused-ring (bicyclic) bond motifs is 2. The molecular formula is C28H25N5O6. The number of azide groups is 1. The van der Waals surface area contributed by atoms with Crippen molar-refractivity contribution in [3.05, 3.63) is 118 Å². The summed E-state index contributed by atoms with van der Waals surface area (Å²) in [5.74, 6) is -1.04. The largest absolute Gasteiger partial charge is 0.369 e. The molecule has 1 N–H and O–H groups in total. The van der Waals surface area contributed by atoms with Gasteiger partial charge in [-0.3, -0.25) is 9.59 Å². The third kappa shape index (κ3) is 4.90. The van der Waals surface area contributed by atoms with Gasteiger partial charge in [0.1, 0.15) is 18.3 Å². The number of amides is 2. The maximum absolute atomic E-state index is 13.2. The molecule has 0 saturated carbocycles. The Labute approximate surface area is 223 Å². The minimum atomic E-state index is -1.12. The fourth-order valence-electron chi connectivity index (χ4n) is 5.08. The number of ether oxygens (including phenoxy) is 4. The van der Waals surface area contributed by atoms with E-state index >= 15 is 0 Å². The highest BCUT2D eigenvalue weighted by Crippen LogP contribution is 2.36. The first-order chi connectivity index (χ1) is 19.1. The quantitative estimate of drug-likeness (QED) is 0.213. The van der Waals surface area contributed by atoms with Crippen molar-refractivity contribution in [3.8, 4) is 0 Å². The predicted molar refractivity (Wildman–Crippen MR) is 137 cm³/mol. The van der Waals surface area contributed by atoms with E-state index in [-0.39, 0.29) is 24.3 Å². The van der Waals surface area contributed by atoms with Gasteiger partial charge < -0.3 is 18.9 Å². The predicted octanol–water partition coefficient (Wildman–Crippen LogP) is 3.89. The normalized spacial score (nSPS) is 27.9. The van der Waals surface area contributed by atoms with Gasteiger partial charge >= 0.3 is 0 Å². The molecule has 11 heteroatoms. The zero-order valence-corrected chi connectivity index (χ0v) is 20.7. The number of imide groups is 1. The van der Waals surface area contributed by atoms with Crippen molar-refractivity contribution < 1.29 is 28.5 Å². The molecule has 6 rings (SSSR count). The van der Waals surface area contributed by atoms with E-state index < -0.39 is 48.7 Å². The monoisotopic (exact) mass is 527 g/mol. The molecule has 1 unspecified atom stereocenters. The van der Waals surface area contributed by atoms with E-state index in [0.717, 1.165) is 16.1 Å². The summed E-state index contributed by atoms with van der Waals surface area (Å²) in [7, 11) is 0. The maximum atomic E-state index is 13.2. The van der Waals surface area contributed by atoms with E-state index in [9.17, 15) is 15.1 Å². The summed E-state index contributed by atoms with van der Waals surface area (Å²) >= 11 is 0. The smallest absolute Gasteiger partial charge is 0.276 e. The number of carbonyl (C=O) groups excluding carboxylic acids is 2. The molecule has 0 radical (unpaired) electrons. The third-order valence-electron chi connectivity index (χ3n) is 6.95. The van der Waals surface area contributed by atoms with Crippen molar-refractivity contribution in [2.24, 2.45) is 5.11 Å². The number of benzene rings is 3. The van der Waals surface area contributed by atoms with Gasteiger partial charge in [-0.25, -0.2) is 10.4 Å². The Bertz CT molecular complexity index is 1360. The molecule has 39 heavy (non-hydrogen) atoms. The number of nitrogens with one attached hydrogen (secondary N) is 1. The second-order valence-corrected chi connectivity index (χ2v) is 9.35. The van der Waals surface area contributed by atoms with Crippen LogP contribution < -0.4 is 5.43 Å². The minimum absolute atomic E-state index is 0.159. The molecule has 3 heterocycles. The van der Waals surface area contributed by atoms with Gasteiger partial charge in [-0.05, 0) is 23.2 Å². The van der Waals surface area contributed by atoms with Gasteiger partial charge in [0.15, 0.2) is 12.5 Å². The average molecular weight is 528 g/mol. The Morgan fingerprint density at radius 1 is 0.923 bits per heavy atom. The Balaban J connectivity index is 1.33. The van der Waals surface area contributed by atoms with Gasteiger partial charge in [-0.2, -0.15) is 0 Å². The number of nitrogens with zero attached hydrogens (tertiary/aromatic N) is 4. The lowest BCUT2D eigenvalue weighted by molar-refractivity contribution is -0.322. The summed E-state index contributed by atoms with van der Waals surface area (Å²) in [5.41, 5.74) is 14.6. The molecule has 2 fully saturated rings. The summed E-state index contributed by atoms with van der Waals surface area (Å²) < 4.78 is 24.8. The van der Waals surface area contributed by atoms with E-state index in [2.05, 4.69) is 15.5 Å². The van der Waals surface area contributed by atoms with Gasteiger partial charge in [0.05, 0.1) is 30.4 Å². The zero-order chi connectivity index (χ0) is 26.8. The zero-order valence-electron chi connectivity index (χ0n) is 20.7. The number of hydrazine groups is 1. The molecule has 0 spiro atoms. The second-order valence-electron chi connectivity index (χ2n) is 9.35. The highest BCUT2D eigenvalue weighted by molar-refractivity contribution is 6.20. The summed E-state index contributed by atoms with van der Waals surface area (Å²) in [5, 5.41) is 4.76. The van der Waals surface area contributed by atoms with Crippen molar-refractivity contribution in [2.75, 3.05) is 6.61 Å². The molecule has 3 aromatic carbocycles. The van der Waals surface area contributed by atoms with Gasteiger partial charge in [0.25, 0.3) is 11.8 Å².